The lowest BCUT2D eigenvalue weighted by atomic mass is 10.1. The molecule has 0 saturated heterocycles. The third kappa shape index (κ3) is 2.90. The van der Waals surface area contributed by atoms with E-state index in [-0.39, 0.29) is 4.83 Å². The number of alkyl halides is 1. The summed E-state index contributed by atoms with van der Waals surface area (Å²) < 4.78 is 11.7. The largest absolute Gasteiger partial charge is 0.493 e. The maximum Gasteiger partial charge on any atom is 0.161 e. The zero-order chi connectivity index (χ0) is 13.1. The number of rotatable bonds is 4. The minimum Gasteiger partial charge on any atom is -0.493 e. The van der Waals surface area contributed by atoms with E-state index in [9.17, 15) is 0 Å². The molecule has 0 spiro atoms. The molecule has 96 valence electrons. The second-order valence-electron chi connectivity index (χ2n) is 3.62. The molecule has 0 aliphatic carbocycles. The molecule has 18 heavy (non-hydrogen) atoms. The molecule has 0 N–H and O–H groups in total. The molecule has 1 aromatic heterocycles. The predicted molar refractivity (Wildman–Crippen MR) is 82.3 cm³/mol. The minimum atomic E-state index is 0.161. The first-order chi connectivity index (χ1) is 8.65. The van der Waals surface area contributed by atoms with Crippen LogP contribution in [0.3, 0.4) is 0 Å². The van der Waals surface area contributed by atoms with Crippen LogP contribution in [0.25, 0.3) is 0 Å². The van der Waals surface area contributed by atoms with Gasteiger partial charge in [-0.25, -0.2) is 0 Å². The highest BCUT2D eigenvalue weighted by Crippen LogP contribution is 2.39. The third-order valence-corrected chi connectivity index (χ3v) is 5.56. The van der Waals surface area contributed by atoms with E-state index in [0.29, 0.717) is 0 Å². The molecule has 0 saturated carbocycles. The van der Waals surface area contributed by atoms with Crippen LogP contribution in [0, 0.1) is 0 Å². The van der Waals surface area contributed by atoms with Gasteiger partial charge >= 0.3 is 0 Å². The Morgan fingerprint density at radius 1 is 1.06 bits per heavy atom. The van der Waals surface area contributed by atoms with Crippen molar-refractivity contribution in [3.8, 4) is 11.5 Å². The number of ether oxygens (including phenoxy) is 2. The molecule has 0 radical (unpaired) electrons. The zero-order valence-corrected chi connectivity index (χ0v) is 13.9. The fourth-order valence-electron chi connectivity index (χ4n) is 1.64. The molecule has 0 fully saturated rings. The number of halogens is 2. The van der Waals surface area contributed by atoms with E-state index in [1.165, 1.54) is 4.88 Å². The summed E-state index contributed by atoms with van der Waals surface area (Å²) >= 11 is 8.90. The van der Waals surface area contributed by atoms with Crippen LogP contribution in [0.4, 0.5) is 0 Å². The van der Waals surface area contributed by atoms with Gasteiger partial charge in [-0.05, 0) is 45.8 Å². The van der Waals surface area contributed by atoms with E-state index >= 15 is 0 Å². The highest BCUT2D eigenvalue weighted by molar-refractivity contribution is 9.11. The summed E-state index contributed by atoms with van der Waals surface area (Å²) in [5.41, 5.74) is 1.14. The smallest absolute Gasteiger partial charge is 0.161 e. The molecular weight excluding hydrogens is 380 g/mol. The summed E-state index contributed by atoms with van der Waals surface area (Å²) in [7, 11) is 3.28. The van der Waals surface area contributed by atoms with Crippen LogP contribution in [0.1, 0.15) is 15.3 Å². The van der Waals surface area contributed by atoms with Crippen molar-refractivity contribution in [1.82, 2.24) is 0 Å². The number of hydrogen-bond donors (Lipinski definition) is 0. The number of thiophene rings is 1. The molecular formula is C13H12Br2O2S. The first-order valence-corrected chi connectivity index (χ1v) is 7.79. The Morgan fingerprint density at radius 3 is 2.33 bits per heavy atom. The number of benzene rings is 1. The lowest BCUT2D eigenvalue weighted by Crippen LogP contribution is -1.94. The highest BCUT2D eigenvalue weighted by atomic mass is 79.9. The van der Waals surface area contributed by atoms with Crippen LogP contribution in [0.15, 0.2) is 34.1 Å². The van der Waals surface area contributed by atoms with E-state index < -0.39 is 0 Å². The van der Waals surface area contributed by atoms with Crippen molar-refractivity contribution in [1.29, 1.82) is 0 Å². The first kappa shape index (κ1) is 13.9. The quantitative estimate of drug-likeness (QED) is 0.681. The molecule has 0 amide bonds. The van der Waals surface area contributed by atoms with E-state index in [4.69, 9.17) is 9.47 Å². The average Bonchev–Trinajstić information content (AvgIpc) is 2.83. The molecule has 2 nitrogen and oxygen atoms in total. The molecule has 2 rings (SSSR count). The molecule has 5 heteroatoms. The topological polar surface area (TPSA) is 18.5 Å². The molecule has 1 heterocycles. The van der Waals surface area contributed by atoms with Gasteiger partial charge in [0.1, 0.15) is 0 Å². The van der Waals surface area contributed by atoms with Crippen LogP contribution in [-0.2, 0) is 0 Å². The van der Waals surface area contributed by atoms with Crippen LogP contribution in [-0.4, -0.2) is 14.2 Å². The first-order valence-electron chi connectivity index (χ1n) is 5.27. The van der Waals surface area contributed by atoms with Gasteiger partial charge in [0.05, 0.1) is 22.8 Å². The molecule has 0 aliphatic rings. The maximum absolute atomic E-state index is 5.32. The second-order valence-corrected chi connectivity index (χ2v) is 7.03. The van der Waals surface area contributed by atoms with E-state index in [2.05, 4.69) is 44.0 Å². The monoisotopic (exact) mass is 390 g/mol. The molecule has 1 unspecified atom stereocenters. The van der Waals surface area contributed by atoms with Crippen LogP contribution in [0.2, 0.25) is 0 Å². The van der Waals surface area contributed by atoms with Crippen LogP contribution in [0.5, 0.6) is 11.5 Å². The Labute approximate surface area is 127 Å². The number of methoxy groups -OCH3 is 2. The van der Waals surface area contributed by atoms with Crippen molar-refractivity contribution in [3.63, 3.8) is 0 Å². The van der Waals surface area contributed by atoms with E-state index in [0.717, 1.165) is 20.8 Å². The Bertz CT molecular complexity index is 540. The van der Waals surface area contributed by atoms with Gasteiger partial charge in [-0.15, -0.1) is 11.3 Å². The highest BCUT2D eigenvalue weighted by Gasteiger charge is 2.15. The molecule has 1 atom stereocenters. The Morgan fingerprint density at radius 2 is 1.78 bits per heavy atom. The normalized spacial score (nSPS) is 12.2. The lowest BCUT2D eigenvalue weighted by molar-refractivity contribution is 0.354. The van der Waals surface area contributed by atoms with Gasteiger partial charge < -0.3 is 9.47 Å². The average molecular weight is 392 g/mol. The summed E-state index contributed by atoms with van der Waals surface area (Å²) in [6.45, 7) is 0. The molecule has 0 bridgehead atoms. The van der Waals surface area contributed by atoms with E-state index in [1.807, 2.05) is 18.2 Å². The fourth-order valence-corrected chi connectivity index (χ4v) is 3.79. The van der Waals surface area contributed by atoms with Gasteiger partial charge in [-0.1, -0.05) is 22.0 Å². The van der Waals surface area contributed by atoms with Gasteiger partial charge in [0, 0.05) is 4.88 Å². The standard InChI is InChI=1S/C13H12Br2O2S/c1-16-9-4-3-8(7-10(9)17-2)13(15)11-5-6-12(14)18-11/h3-7,13H,1-2H3. The van der Waals surface area contributed by atoms with Crippen molar-refractivity contribution >= 4 is 43.2 Å². The van der Waals surface area contributed by atoms with Gasteiger partial charge in [-0.3, -0.25) is 0 Å². The molecule has 2 aromatic rings. The SMILES string of the molecule is COc1ccc(C(Br)c2ccc(Br)s2)cc1OC. The minimum absolute atomic E-state index is 0.161. The predicted octanol–water partition coefficient (Wildman–Crippen LogP) is 5.01. The van der Waals surface area contributed by atoms with Crippen molar-refractivity contribution < 1.29 is 9.47 Å². The lowest BCUT2D eigenvalue weighted by Gasteiger charge is -2.12. The van der Waals surface area contributed by atoms with Gasteiger partial charge in [0.2, 0.25) is 0 Å². The Hall–Kier alpha value is -0.520. The summed E-state index contributed by atoms with van der Waals surface area (Å²) in [6.07, 6.45) is 0. The van der Waals surface area contributed by atoms with Crippen molar-refractivity contribution in [2.24, 2.45) is 0 Å². The summed E-state index contributed by atoms with van der Waals surface area (Å²) in [6, 6.07) is 10.1. The fraction of sp³-hybridized carbons (Fsp3) is 0.231. The van der Waals surface area contributed by atoms with Crippen molar-refractivity contribution in [3.05, 3.63) is 44.6 Å². The summed E-state index contributed by atoms with van der Waals surface area (Å²) in [5.74, 6) is 1.49. The Kier molecular flexibility index (Phi) is 4.70. The van der Waals surface area contributed by atoms with Crippen molar-refractivity contribution in [2.75, 3.05) is 14.2 Å². The van der Waals surface area contributed by atoms with Gasteiger partial charge in [0.25, 0.3) is 0 Å². The van der Waals surface area contributed by atoms with Gasteiger partial charge in [0.15, 0.2) is 11.5 Å². The van der Waals surface area contributed by atoms with Crippen LogP contribution >= 0.6 is 43.2 Å². The Balaban J connectivity index is 2.33. The summed E-state index contributed by atoms with van der Waals surface area (Å²) in [5, 5.41) is 0. The second kappa shape index (κ2) is 6.08. The third-order valence-electron chi connectivity index (χ3n) is 2.54. The molecule has 1 aromatic carbocycles. The zero-order valence-electron chi connectivity index (χ0n) is 9.94. The molecule has 0 aliphatic heterocycles. The van der Waals surface area contributed by atoms with Crippen molar-refractivity contribution in [2.45, 2.75) is 4.83 Å². The summed E-state index contributed by atoms with van der Waals surface area (Å²) in [4.78, 5) is 1.41. The maximum atomic E-state index is 5.32. The van der Waals surface area contributed by atoms with E-state index in [1.54, 1.807) is 25.6 Å². The number of hydrogen-bond acceptors (Lipinski definition) is 3. The van der Waals surface area contributed by atoms with Crippen LogP contribution < -0.4 is 9.47 Å². The van der Waals surface area contributed by atoms with Gasteiger partial charge in [-0.2, -0.15) is 0 Å².